The van der Waals surface area contributed by atoms with Gasteiger partial charge in [-0.05, 0) is 5.56 Å². The zero-order chi connectivity index (χ0) is 28.8. The van der Waals surface area contributed by atoms with Crippen LogP contribution in [0.2, 0.25) is 0 Å². The molecule has 198 valence electrons. The third-order valence-corrected chi connectivity index (χ3v) is 4.13. The van der Waals surface area contributed by atoms with E-state index in [0.717, 1.165) is 27.4 Å². The summed E-state index contributed by atoms with van der Waals surface area (Å²) in [4.78, 5) is 4.69. The fourth-order valence-electron chi connectivity index (χ4n) is 2.06. The van der Waals surface area contributed by atoms with Gasteiger partial charge in [-0.3, -0.25) is 0 Å². The van der Waals surface area contributed by atoms with Crippen LogP contribution in [0.3, 0.4) is 0 Å². The average molecular weight is 537 g/mol. The fourth-order valence-corrected chi connectivity index (χ4v) is 2.90. The van der Waals surface area contributed by atoms with Crippen LogP contribution >= 0.6 is 11.3 Å². The van der Waals surface area contributed by atoms with E-state index in [9.17, 15) is 26.3 Å². The summed E-state index contributed by atoms with van der Waals surface area (Å²) in [5.41, 5.74) is 10.1. The Morgan fingerprint density at radius 3 is 1.58 bits per heavy atom. The number of benzene rings is 2. The molecule has 0 amide bonds. The van der Waals surface area contributed by atoms with Crippen molar-refractivity contribution in [2.45, 2.75) is 47.0 Å². The van der Waals surface area contributed by atoms with E-state index >= 15 is 0 Å². The molecule has 0 radical (unpaired) electrons. The summed E-state index contributed by atoms with van der Waals surface area (Å²) in [5, 5.41) is 3.15. The summed E-state index contributed by atoms with van der Waals surface area (Å²) < 4.78 is 80.3. The first kappa shape index (κ1) is 37.6. The quantitative estimate of drug-likeness (QED) is 0.209. The number of rotatable bonds is 3. The number of hydrogen-bond acceptors (Lipinski definition) is 4. The van der Waals surface area contributed by atoms with Crippen LogP contribution in [-0.2, 0) is 20.6 Å². The van der Waals surface area contributed by atoms with Gasteiger partial charge >= 0.3 is 35.3 Å². The molecule has 0 aliphatic carbocycles. The molecule has 0 saturated heterocycles. The van der Waals surface area contributed by atoms with Gasteiger partial charge in [0.1, 0.15) is 5.01 Å². The van der Waals surface area contributed by atoms with E-state index in [4.69, 9.17) is 20.0 Å². The molecule has 1 heterocycles. The van der Waals surface area contributed by atoms with Crippen molar-refractivity contribution < 1.29 is 40.4 Å². The van der Waals surface area contributed by atoms with Gasteiger partial charge in [0.2, 0.25) is 0 Å². The van der Waals surface area contributed by atoms with Crippen molar-refractivity contribution in [3.05, 3.63) is 78.8 Å². The summed E-state index contributed by atoms with van der Waals surface area (Å²) >= 11 is 1.67. The van der Waals surface area contributed by atoms with Crippen LogP contribution in [-0.4, -0.2) is 17.7 Å². The molecule has 5 nitrogen and oxygen atoms in total. The molecule has 2 N–H and O–H groups in total. The third-order valence-electron chi connectivity index (χ3n) is 3.24. The molecule has 0 fully saturated rings. The molecule has 0 aliphatic heterocycles. The number of ether oxygens (including phenoxy) is 1. The zero-order valence-electron chi connectivity index (χ0n) is 19.9. The third kappa shape index (κ3) is 17.5. The van der Waals surface area contributed by atoms with Crippen LogP contribution in [0.4, 0.5) is 26.3 Å². The number of thiazole rings is 1. The summed E-state index contributed by atoms with van der Waals surface area (Å²) in [5.74, 6) is 0. The van der Waals surface area contributed by atoms with Gasteiger partial charge in [-0.25, -0.2) is 4.98 Å². The summed E-state index contributed by atoms with van der Waals surface area (Å²) in [6.45, 7) is 17.6. The van der Waals surface area contributed by atoms with Gasteiger partial charge in [-0.1, -0.05) is 82.3 Å². The Hall–Kier alpha value is -2.95. The van der Waals surface area contributed by atoms with Crippen LogP contribution in [0, 0.1) is 13.3 Å². The van der Waals surface area contributed by atoms with Gasteiger partial charge < -0.3 is 5.73 Å². The van der Waals surface area contributed by atoms with Crippen LogP contribution in [0.25, 0.3) is 21.8 Å². The molecule has 2 aromatic carbocycles. The predicted octanol–water partition coefficient (Wildman–Crippen LogP) is 7.96. The normalized spacial score (nSPS) is 9.53. The number of alkyl halides is 6. The second-order valence-electron chi connectivity index (χ2n) is 5.30. The molecule has 0 atom stereocenters. The van der Waals surface area contributed by atoms with Crippen LogP contribution < -0.4 is 5.73 Å². The van der Waals surface area contributed by atoms with Gasteiger partial charge in [0, 0.05) is 23.1 Å². The van der Waals surface area contributed by atoms with Crippen LogP contribution in [0.1, 0.15) is 33.3 Å². The first-order valence-corrected chi connectivity index (χ1v) is 11.0. The first-order chi connectivity index (χ1) is 17.1. The Labute approximate surface area is 210 Å². The summed E-state index contributed by atoms with van der Waals surface area (Å²) in [6.07, 6.45) is -11.3. The molecular weight excluding hydrogens is 510 g/mol. The van der Waals surface area contributed by atoms with Crippen LogP contribution in [0.5, 0.6) is 0 Å². The molecule has 12 heteroatoms. The van der Waals surface area contributed by atoms with Crippen molar-refractivity contribution in [1.82, 2.24) is 4.98 Å². The Bertz CT molecular complexity index is 937. The van der Waals surface area contributed by atoms with E-state index in [1.807, 2.05) is 45.9 Å². The molecule has 0 saturated carbocycles. The topological polar surface area (TPSA) is 87.9 Å². The van der Waals surface area contributed by atoms with Crippen LogP contribution in [0.15, 0.2) is 60.0 Å². The SMILES string of the molecule is CC.CC.FC(F)(F)OC(F)(F)F.NCc1ccc(-c2csc(-c3ccccc3)n2)cc1.[C-]#[O+].[C-]#[O+]. The van der Waals surface area contributed by atoms with E-state index in [1.165, 1.54) is 0 Å². The minimum absolute atomic E-state index is 0.576. The molecule has 0 unspecified atom stereocenters. The number of halogens is 6. The van der Waals surface area contributed by atoms with E-state index in [1.54, 1.807) is 16.1 Å². The van der Waals surface area contributed by atoms with E-state index in [-0.39, 0.29) is 0 Å². The second-order valence-corrected chi connectivity index (χ2v) is 6.16. The Kier molecular flexibility index (Phi) is 22.3. The number of nitrogens with two attached hydrogens (primary N) is 1. The Morgan fingerprint density at radius 1 is 0.778 bits per heavy atom. The van der Waals surface area contributed by atoms with Crippen molar-refractivity contribution >= 4 is 11.3 Å². The van der Waals surface area contributed by atoms with Crippen molar-refractivity contribution in [2.75, 3.05) is 0 Å². The molecule has 0 aliphatic rings. The molecule has 1 aromatic heterocycles. The van der Waals surface area contributed by atoms with Gasteiger partial charge in [-0.2, -0.15) is 4.74 Å². The number of aromatic nitrogens is 1. The average Bonchev–Trinajstić information content (AvgIpc) is 3.38. The molecule has 3 aromatic rings. The van der Waals surface area contributed by atoms with Gasteiger partial charge in [0.25, 0.3) is 0 Å². The molecule has 0 bridgehead atoms. The van der Waals surface area contributed by atoms with Crippen molar-refractivity contribution in [1.29, 1.82) is 0 Å². The van der Waals surface area contributed by atoms with Gasteiger partial charge in [0.15, 0.2) is 0 Å². The predicted molar refractivity (Wildman–Crippen MR) is 125 cm³/mol. The summed E-state index contributed by atoms with van der Waals surface area (Å²) in [6, 6.07) is 18.5. The van der Waals surface area contributed by atoms with Crippen molar-refractivity contribution in [3.63, 3.8) is 0 Å². The minimum atomic E-state index is -5.64. The van der Waals surface area contributed by atoms with E-state index < -0.39 is 12.7 Å². The van der Waals surface area contributed by atoms with E-state index in [2.05, 4.69) is 55.1 Å². The molecule has 0 spiro atoms. The maximum absolute atomic E-state index is 10.6. The molecule has 3 rings (SSSR count). The second kappa shape index (κ2) is 21.3. The van der Waals surface area contributed by atoms with Crippen molar-refractivity contribution in [3.8, 4) is 21.8 Å². The summed E-state index contributed by atoms with van der Waals surface area (Å²) in [7, 11) is 0. The first-order valence-electron chi connectivity index (χ1n) is 10.1. The van der Waals surface area contributed by atoms with E-state index in [0.29, 0.717) is 6.54 Å². The monoisotopic (exact) mass is 536 g/mol. The number of nitrogens with zero attached hydrogens (tertiary/aromatic N) is 1. The van der Waals surface area contributed by atoms with Gasteiger partial charge in [-0.15, -0.1) is 37.7 Å². The Morgan fingerprint density at radius 2 is 1.22 bits per heavy atom. The molecular formula is C24H26F6N2O3S. The fraction of sp³-hybridized carbons (Fsp3) is 0.292. The standard InChI is InChI=1S/C16H14N2S.C2F6O.2C2H6.2CO/c17-10-12-6-8-13(9-7-12)15-11-19-16(18-15)14-4-2-1-3-5-14;3-1(4,5)9-2(6,7)8;4*1-2/h1-9,11H,10,17H2;;2*1-2H3;;. The Balaban J connectivity index is -0.000000544. The number of hydrogen-bond donors (Lipinski definition) is 1. The van der Waals surface area contributed by atoms with Crippen molar-refractivity contribution in [2.24, 2.45) is 5.73 Å². The molecule has 36 heavy (non-hydrogen) atoms. The zero-order valence-corrected chi connectivity index (χ0v) is 20.7. The van der Waals surface area contributed by atoms with Gasteiger partial charge in [0.05, 0.1) is 5.69 Å². The maximum atomic E-state index is 10.6.